The molecule has 7 heteroatoms. The SMILES string of the molecule is CCOC(=O)[C@]1(C)[NH2+][C@@H](c2ccc(N(C)C)cc2)[C@H]2C(=O)N(C)C(=O)[C@H]21. The van der Waals surface area contributed by atoms with E-state index in [2.05, 4.69) is 0 Å². The molecule has 2 N–H and O–H groups in total. The van der Waals surface area contributed by atoms with Crippen LogP contribution in [0, 0.1) is 11.8 Å². The molecule has 3 rings (SSSR count). The monoisotopic (exact) mass is 360 g/mol. The number of likely N-dealkylation sites (tertiary alicyclic amines) is 1. The zero-order chi connectivity index (χ0) is 19.2. The number of hydrogen-bond acceptors (Lipinski definition) is 5. The maximum atomic E-state index is 12.7. The van der Waals surface area contributed by atoms with Gasteiger partial charge in [0.25, 0.3) is 0 Å². The third-order valence-corrected chi connectivity index (χ3v) is 5.64. The van der Waals surface area contributed by atoms with Gasteiger partial charge in [0.1, 0.15) is 17.9 Å². The molecule has 0 aromatic heterocycles. The number of carbonyl (C=O) groups excluding carboxylic acids is 3. The highest BCUT2D eigenvalue weighted by Gasteiger charge is 2.70. The number of esters is 1. The molecule has 26 heavy (non-hydrogen) atoms. The number of quaternary nitrogens is 1. The summed E-state index contributed by atoms with van der Waals surface area (Å²) in [6, 6.07) is 7.57. The predicted octanol–water partition coefficient (Wildman–Crippen LogP) is -0.0765. The largest absolute Gasteiger partial charge is 0.461 e. The maximum absolute atomic E-state index is 12.7. The molecule has 1 aromatic carbocycles. The lowest BCUT2D eigenvalue weighted by atomic mass is 9.80. The number of nitrogens with two attached hydrogens (primary N) is 1. The van der Waals surface area contributed by atoms with Crippen molar-refractivity contribution in [3.8, 4) is 0 Å². The lowest BCUT2D eigenvalue weighted by Gasteiger charge is -2.25. The third kappa shape index (κ3) is 2.58. The molecule has 2 aliphatic rings. The number of hydrogen-bond donors (Lipinski definition) is 1. The van der Waals surface area contributed by atoms with Crippen molar-refractivity contribution in [2.75, 3.05) is 32.6 Å². The Morgan fingerprint density at radius 3 is 2.38 bits per heavy atom. The van der Waals surface area contributed by atoms with Gasteiger partial charge in [-0.15, -0.1) is 0 Å². The molecule has 0 saturated carbocycles. The molecule has 0 radical (unpaired) electrons. The fourth-order valence-corrected chi connectivity index (χ4v) is 4.19. The molecule has 2 amide bonds. The van der Waals surface area contributed by atoms with Gasteiger partial charge in [-0.2, -0.15) is 0 Å². The van der Waals surface area contributed by atoms with E-state index < -0.39 is 23.3 Å². The Bertz CT molecular complexity index is 746. The summed E-state index contributed by atoms with van der Waals surface area (Å²) in [5, 5.41) is 1.84. The van der Waals surface area contributed by atoms with Crippen molar-refractivity contribution in [3.05, 3.63) is 29.8 Å². The first kappa shape index (κ1) is 18.4. The predicted molar refractivity (Wildman–Crippen MR) is 95.2 cm³/mol. The lowest BCUT2D eigenvalue weighted by molar-refractivity contribution is -0.731. The van der Waals surface area contributed by atoms with Crippen LogP contribution in [0.5, 0.6) is 0 Å². The Morgan fingerprint density at radius 1 is 1.23 bits per heavy atom. The van der Waals surface area contributed by atoms with Gasteiger partial charge < -0.3 is 15.0 Å². The molecular formula is C19H26N3O4+. The first-order valence-corrected chi connectivity index (χ1v) is 8.84. The summed E-state index contributed by atoms with van der Waals surface area (Å²) < 4.78 is 5.23. The third-order valence-electron chi connectivity index (χ3n) is 5.64. The van der Waals surface area contributed by atoms with Gasteiger partial charge in [-0.3, -0.25) is 14.5 Å². The molecule has 2 aliphatic heterocycles. The summed E-state index contributed by atoms with van der Waals surface area (Å²) >= 11 is 0. The Balaban J connectivity index is 2.02. The number of imide groups is 1. The minimum absolute atomic E-state index is 0.231. The number of nitrogens with zero attached hydrogens (tertiary/aromatic N) is 2. The van der Waals surface area contributed by atoms with Crippen molar-refractivity contribution < 1.29 is 24.4 Å². The number of ether oxygens (including phenoxy) is 1. The molecule has 140 valence electrons. The lowest BCUT2D eigenvalue weighted by Crippen LogP contribution is -2.97. The second-order valence-corrected chi connectivity index (χ2v) is 7.42. The van der Waals surface area contributed by atoms with Crippen LogP contribution in [0.2, 0.25) is 0 Å². The molecule has 7 nitrogen and oxygen atoms in total. The summed E-state index contributed by atoms with van der Waals surface area (Å²) in [6.07, 6.45) is 0. The first-order chi connectivity index (χ1) is 12.2. The summed E-state index contributed by atoms with van der Waals surface area (Å²) in [5.41, 5.74) is 0.862. The van der Waals surface area contributed by atoms with Crippen molar-refractivity contribution in [2.45, 2.75) is 25.4 Å². The van der Waals surface area contributed by atoms with E-state index >= 15 is 0 Å². The van der Waals surface area contributed by atoms with E-state index in [0.717, 1.165) is 16.2 Å². The normalized spacial score (nSPS) is 30.5. The Morgan fingerprint density at radius 2 is 1.85 bits per heavy atom. The molecule has 2 fully saturated rings. The Kier molecular flexibility index (Phi) is 4.52. The van der Waals surface area contributed by atoms with Gasteiger partial charge in [-0.25, -0.2) is 4.79 Å². The van der Waals surface area contributed by atoms with Crippen molar-refractivity contribution in [2.24, 2.45) is 11.8 Å². The van der Waals surface area contributed by atoms with E-state index in [0.29, 0.717) is 0 Å². The van der Waals surface area contributed by atoms with E-state index in [-0.39, 0.29) is 24.5 Å². The maximum Gasteiger partial charge on any atom is 0.368 e. The molecule has 4 atom stereocenters. The van der Waals surface area contributed by atoms with Gasteiger partial charge in [0.05, 0.1) is 6.61 Å². The number of fused-ring (bicyclic) bond motifs is 1. The molecule has 0 spiro atoms. The van der Waals surface area contributed by atoms with Crippen molar-refractivity contribution in [3.63, 3.8) is 0 Å². The fourth-order valence-electron chi connectivity index (χ4n) is 4.19. The van der Waals surface area contributed by atoms with Crippen LogP contribution in [0.1, 0.15) is 25.5 Å². The topological polar surface area (TPSA) is 83.5 Å². The zero-order valence-corrected chi connectivity index (χ0v) is 15.9. The van der Waals surface area contributed by atoms with Crippen LogP contribution in [0.4, 0.5) is 5.69 Å². The quantitative estimate of drug-likeness (QED) is 0.600. The molecule has 2 saturated heterocycles. The van der Waals surface area contributed by atoms with E-state index in [1.54, 1.807) is 13.8 Å². The van der Waals surface area contributed by atoms with Gasteiger partial charge >= 0.3 is 5.97 Å². The second kappa shape index (κ2) is 6.39. The molecule has 0 bridgehead atoms. The van der Waals surface area contributed by atoms with Gasteiger partial charge in [-0.05, 0) is 19.1 Å². The number of anilines is 1. The number of carbonyl (C=O) groups is 3. The molecule has 2 heterocycles. The van der Waals surface area contributed by atoms with Crippen LogP contribution >= 0.6 is 0 Å². The van der Waals surface area contributed by atoms with E-state index in [9.17, 15) is 14.4 Å². The van der Waals surface area contributed by atoms with E-state index in [1.807, 2.05) is 48.6 Å². The Labute approximate surface area is 153 Å². The van der Waals surface area contributed by atoms with Gasteiger partial charge in [-0.1, -0.05) is 12.1 Å². The number of benzene rings is 1. The standard InChI is InChI=1S/C19H25N3O4/c1-6-26-18(25)19(2)14-13(16(23)22(5)17(14)24)15(20-19)11-7-9-12(10-8-11)21(3)4/h7-10,13-15,20H,6H2,1-5H3/p+1/t13-,14-,15-,19+/m0/s1. The zero-order valence-electron chi connectivity index (χ0n) is 15.9. The van der Waals surface area contributed by atoms with Crippen LogP contribution in [0.3, 0.4) is 0 Å². The van der Waals surface area contributed by atoms with Crippen LogP contribution in [-0.4, -0.2) is 56.0 Å². The average Bonchev–Trinajstić information content (AvgIpc) is 3.05. The van der Waals surface area contributed by atoms with Crippen molar-refractivity contribution in [1.82, 2.24) is 4.90 Å². The molecule has 0 aliphatic carbocycles. The number of rotatable bonds is 4. The summed E-state index contributed by atoms with van der Waals surface area (Å²) in [6.45, 7) is 3.68. The highest BCUT2D eigenvalue weighted by molar-refractivity contribution is 6.08. The highest BCUT2D eigenvalue weighted by Crippen LogP contribution is 2.44. The highest BCUT2D eigenvalue weighted by atomic mass is 16.5. The fraction of sp³-hybridized carbons (Fsp3) is 0.526. The van der Waals surface area contributed by atoms with E-state index in [4.69, 9.17) is 4.74 Å². The smallest absolute Gasteiger partial charge is 0.368 e. The van der Waals surface area contributed by atoms with Gasteiger partial charge in [0.15, 0.2) is 0 Å². The van der Waals surface area contributed by atoms with Crippen molar-refractivity contribution in [1.29, 1.82) is 0 Å². The minimum Gasteiger partial charge on any atom is -0.461 e. The van der Waals surface area contributed by atoms with Crippen LogP contribution < -0.4 is 10.2 Å². The van der Waals surface area contributed by atoms with Gasteiger partial charge in [0.2, 0.25) is 17.4 Å². The summed E-state index contributed by atoms with van der Waals surface area (Å²) in [5.74, 6) is -2.26. The van der Waals surface area contributed by atoms with E-state index in [1.165, 1.54) is 7.05 Å². The molecule has 0 unspecified atom stereocenters. The van der Waals surface area contributed by atoms with Crippen LogP contribution in [-0.2, 0) is 19.1 Å². The van der Waals surface area contributed by atoms with Crippen LogP contribution in [0.15, 0.2) is 24.3 Å². The average molecular weight is 360 g/mol. The van der Waals surface area contributed by atoms with Crippen LogP contribution in [0.25, 0.3) is 0 Å². The molecular weight excluding hydrogens is 334 g/mol. The summed E-state index contributed by atoms with van der Waals surface area (Å²) in [7, 11) is 5.40. The first-order valence-electron chi connectivity index (χ1n) is 8.84. The Hall–Kier alpha value is -2.41. The molecule has 1 aromatic rings. The van der Waals surface area contributed by atoms with Crippen molar-refractivity contribution >= 4 is 23.5 Å². The minimum atomic E-state index is -1.11. The summed E-state index contributed by atoms with van der Waals surface area (Å²) in [4.78, 5) is 41.3. The van der Waals surface area contributed by atoms with Gasteiger partial charge in [0, 0.05) is 39.3 Å². The number of amides is 2. The second-order valence-electron chi connectivity index (χ2n) is 7.42.